The Morgan fingerprint density at radius 2 is 1.74 bits per heavy atom. The molecule has 0 amide bonds. The Balaban J connectivity index is 1.78. The fourth-order valence-electron chi connectivity index (χ4n) is 3.83. The molecule has 0 bridgehead atoms. The van der Waals surface area contributed by atoms with Gasteiger partial charge < -0.3 is 0 Å². The summed E-state index contributed by atoms with van der Waals surface area (Å²) in [5.74, 6) is -1.72. The number of aromatic nitrogens is 3. The number of nitrogens with zero attached hydrogens (tertiary/aromatic N) is 3. The van der Waals surface area contributed by atoms with Gasteiger partial charge in [0.15, 0.2) is 0 Å². The van der Waals surface area contributed by atoms with Gasteiger partial charge in [0.25, 0.3) is 0 Å². The van der Waals surface area contributed by atoms with E-state index in [9.17, 15) is 30.4 Å². The summed E-state index contributed by atoms with van der Waals surface area (Å²) in [6.45, 7) is 5.50. The van der Waals surface area contributed by atoms with E-state index >= 15 is 0 Å². The quantitative estimate of drug-likeness (QED) is 0.446. The topological polar surface area (TPSA) is 76.9 Å². The molecule has 2 aromatic heterocycles. The number of sulfonamides is 1. The summed E-state index contributed by atoms with van der Waals surface area (Å²) in [6, 6.07) is 3.71. The Labute approximate surface area is 199 Å². The van der Waals surface area contributed by atoms with E-state index in [0.717, 1.165) is 18.2 Å². The Hall–Kier alpha value is -2.86. The summed E-state index contributed by atoms with van der Waals surface area (Å²) in [5, 5.41) is 4.38. The largest absolute Gasteiger partial charge is 0.433 e. The average molecular weight is 515 g/mol. The van der Waals surface area contributed by atoms with Crippen molar-refractivity contribution >= 4 is 10.0 Å². The van der Waals surface area contributed by atoms with Gasteiger partial charge in [-0.2, -0.15) is 18.3 Å². The highest BCUT2D eigenvalue weighted by molar-refractivity contribution is 7.89. The monoisotopic (exact) mass is 514 g/mol. The first-order valence-corrected chi connectivity index (χ1v) is 12.3. The van der Waals surface area contributed by atoms with Crippen LogP contribution in [0, 0.1) is 17.6 Å². The molecule has 3 aromatic rings. The first-order chi connectivity index (χ1) is 16.2. The molecule has 1 N–H and O–H groups in total. The van der Waals surface area contributed by atoms with Crippen molar-refractivity contribution in [1.82, 2.24) is 19.5 Å². The third kappa shape index (κ3) is 5.22. The number of halogens is 5. The van der Waals surface area contributed by atoms with E-state index in [2.05, 4.69) is 14.8 Å². The predicted octanol–water partition coefficient (Wildman–Crippen LogP) is 5.43. The maximum Gasteiger partial charge on any atom is 0.433 e. The van der Waals surface area contributed by atoms with Gasteiger partial charge in [-0.25, -0.2) is 21.9 Å². The molecule has 0 saturated heterocycles. The maximum atomic E-state index is 14.9. The number of hydrogen-bond acceptors (Lipinski definition) is 4. The van der Waals surface area contributed by atoms with Crippen LogP contribution in [-0.4, -0.2) is 23.2 Å². The predicted molar refractivity (Wildman–Crippen MR) is 118 cm³/mol. The molecule has 0 aliphatic heterocycles. The Kier molecular flexibility index (Phi) is 6.25. The molecule has 1 atom stereocenters. The third-order valence-electron chi connectivity index (χ3n) is 5.67. The van der Waals surface area contributed by atoms with Crippen LogP contribution in [0.3, 0.4) is 0 Å². The fraction of sp³-hybridized carbons (Fsp3) is 0.391. The minimum atomic E-state index is -4.71. The average Bonchev–Trinajstić information content (AvgIpc) is 3.49. The van der Waals surface area contributed by atoms with E-state index in [4.69, 9.17) is 0 Å². The summed E-state index contributed by atoms with van der Waals surface area (Å²) < 4.78 is 97.2. The van der Waals surface area contributed by atoms with Crippen LogP contribution in [-0.2, 0) is 21.7 Å². The summed E-state index contributed by atoms with van der Waals surface area (Å²) in [5.41, 5.74) is -1.11. The highest BCUT2D eigenvalue weighted by Crippen LogP contribution is 2.45. The van der Waals surface area contributed by atoms with Gasteiger partial charge in [-0.1, -0.05) is 0 Å². The van der Waals surface area contributed by atoms with Crippen molar-refractivity contribution in [1.29, 1.82) is 0 Å². The van der Waals surface area contributed by atoms with Crippen molar-refractivity contribution in [2.75, 3.05) is 0 Å². The smallest absolute Gasteiger partial charge is 0.259 e. The normalized spacial score (nSPS) is 15.9. The van der Waals surface area contributed by atoms with Gasteiger partial charge in [-0.3, -0.25) is 9.67 Å². The van der Waals surface area contributed by atoms with Crippen LogP contribution >= 0.6 is 0 Å². The van der Waals surface area contributed by atoms with Gasteiger partial charge >= 0.3 is 6.18 Å². The van der Waals surface area contributed by atoms with Gasteiger partial charge in [0.1, 0.15) is 22.2 Å². The van der Waals surface area contributed by atoms with Crippen molar-refractivity contribution < 1.29 is 30.4 Å². The zero-order valence-corrected chi connectivity index (χ0v) is 19.9. The molecule has 35 heavy (non-hydrogen) atoms. The lowest BCUT2D eigenvalue weighted by molar-refractivity contribution is -0.141. The Morgan fingerprint density at radius 3 is 2.26 bits per heavy atom. The Bertz CT molecular complexity index is 1340. The summed E-state index contributed by atoms with van der Waals surface area (Å²) >= 11 is 0. The van der Waals surface area contributed by atoms with E-state index < -0.39 is 50.0 Å². The molecular weight excluding hydrogens is 491 g/mol. The van der Waals surface area contributed by atoms with Crippen molar-refractivity contribution in [3.8, 4) is 11.3 Å². The van der Waals surface area contributed by atoms with Crippen LogP contribution < -0.4 is 4.72 Å². The van der Waals surface area contributed by atoms with Crippen molar-refractivity contribution in [3.05, 3.63) is 65.6 Å². The number of nitrogens with one attached hydrogen (secondary N) is 1. The number of benzene rings is 1. The van der Waals surface area contributed by atoms with Gasteiger partial charge in [0, 0.05) is 23.4 Å². The second kappa shape index (κ2) is 8.66. The van der Waals surface area contributed by atoms with E-state index in [1.807, 2.05) is 20.8 Å². The summed E-state index contributed by atoms with van der Waals surface area (Å²) in [6.07, 6.45) is -1.24. The third-order valence-corrected chi connectivity index (χ3v) is 7.09. The molecule has 1 unspecified atom stereocenters. The van der Waals surface area contributed by atoms with Crippen LogP contribution in [0.4, 0.5) is 22.0 Å². The van der Waals surface area contributed by atoms with Crippen LogP contribution in [0.5, 0.6) is 0 Å². The number of alkyl halides is 3. The molecule has 2 heterocycles. The minimum absolute atomic E-state index is 0.0508. The second-order valence-corrected chi connectivity index (χ2v) is 11.2. The van der Waals surface area contributed by atoms with E-state index in [1.165, 1.54) is 12.3 Å². The highest BCUT2D eigenvalue weighted by Gasteiger charge is 2.40. The van der Waals surface area contributed by atoms with E-state index in [0.29, 0.717) is 36.4 Å². The lowest BCUT2D eigenvalue weighted by Gasteiger charge is -2.25. The van der Waals surface area contributed by atoms with Gasteiger partial charge in [-0.15, -0.1) is 0 Å². The number of rotatable bonds is 6. The molecule has 0 spiro atoms. The molecule has 1 aromatic carbocycles. The second-order valence-electron chi connectivity index (χ2n) is 9.47. The first kappa shape index (κ1) is 25.2. The summed E-state index contributed by atoms with van der Waals surface area (Å²) in [4.78, 5) is 2.80. The molecule has 1 saturated carbocycles. The Morgan fingerprint density at radius 1 is 1.06 bits per heavy atom. The fourth-order valence-corrected chi connectivity index (χ4v) is 5.06. The van der Waals surface area contributed by atoms with Crippen LogP contribution in [0.15, 0.2) is 47.6 Å². The van der Waals surface area contributed by atoms with E-state index in [1.54, 1.807) is 4.68 Å². The number of hydrogen-bond donors (Lipinski definition) is 1. The van der Waals surface area contributed by atoms with Crippen molar-refractivity contribution in [3.63, 3.8) is 0 Å². The van der Waals surface area contributed by atoms with Crippen LogP contribution in [0.25, 0.3) is 11.3 Å². The lowest BCUT2D eigenvalue weighted by Crippen LogP contribution is -2.31. The zero-order valence-electron chi connectivity index (χ0n) is 19.1. The van der Waals surface area contributed by atoms with Gasteiger partial charge in [-0.05, 0) is 63.8 Å². The SMILES string of the molecule is CC(C)(C)n1ncc(C(NS(=O)(=O)c2ccc(C(F)(F)F)nc2)C2CC2)c1-c1ccc(F)cc1F. The molecule has 4 rings (SSSR count). The molecular formula is C23H23F5N4O2S. The van der Waals surface area contributed by atoms with Gasteiger partial charge in [0.05, 0.1) is 23.5 Å². The molecule has 1 aliphatic carbocycles. The zero-order chi connectivity index (χ0) is 25.8. The van der Waals surface area contributed by atoms with Crippen molar-refractivity contribution in [2.24, 2.45) is 5.92 Å². The summed E-state index contributed by atoms with van der Waals surface area (Å²) in [7, 11) is -4.29. The van der Waals surface area contributed by atoms with Crippen LogP contribution in [0.1, 0.15) is 50.9 Å². The number of pyridine rings is 1. The maximum absolute atomic E-state index is 14.9. The molecule has 1 aliphatic rings. The molecule has 188 valence electrons. The molecule has 0 radical (unpaired) electrons. The molecule has 12 heteroatoms. The lowest BCUT2D eigenvalue weighted by atomic mass is 9.97. The molecule has 6 nitrogen and oxygen atoms in total. The van der Waals surface area contributed by atoms with Gasteiger partial charge in [0.2, 0.25) is 10.0 Å². The van der Waals surface area contributed by atoms with Crippen molar-refractivity contribution in [2.45, 2.75) is 56.3 Å². The first-order valence-electron chi connectivity index (χ1n) is 10.8. The highest BCUT2D eigenvalue weighted by atomic mass is 32.2. The van der Waals surface area contributed by atoms with E-state index in [-0.39, 0.29) is 11.5 Å². The minimum Gasteiger partial charge on any atom is -0.259 e. The van der Waals surface area contributed by atoms with Crippen LogP contribution in [0.2, 0.25) is 0 Å². The standard InChI is InChI=1S/C23H23F5N4O2S/c1-22(2,3)32-21(16-8-6-14(24)10-18(16)25)17(12-30-32)20(13-4-5-13)31-35(33,34)15-7-9-19(29-11-15)23(26,27)28/h6-13,20,31H,4-5H2,1-3H3. The molecule has 1 fully saturated rings.